The Kier molecular flexibility index (Phi) is 7.38. The van der Waals surface area contributed by atoms with Crippen molar-refractivity contribution in [2.75, 3.05) is 45.3 Å². The van der Waals surface area contributed by atoms with E-state index in [1.807, 2.05) is 0 Å². The largest absolute Gasteiger partial charge is 0.465 e. The molecular formula is C15H23FN4O3S. The Labute approximate surface area is 144 Å². The Morgan fingerprint density at radius 3 is 2.88 bits per heavy atom. The van der Waals surface area contributed by atoms with Crippen molar-refractivity contribution in [3.63, 3.8) is 0 Å². The van der Waals surface area contributed by atoms with Gasteiger partial charge >= 0.3 is 12.0 Å². The zero-order chi connectivity index (χ0) is 17.4. The summed E-state index contributed by atoms with van der Waals surface area (Å²) in [5.74, 6) is 0.0225. The number of nitrogens with zero attached hydrogens (tertiary/aromatic N) is 2. The number of likely N-dealkylation sites (tertiary alicyclic amines) is 1. The molecule has 0 radical (unpaired) electrons. The van der Waals surface area contributed by atoms with Crippen molar-refractivity contribution >= 4 is 28.5 Å². The number of anilines is 1. The fourth-order valence-corrected chi connectivity index (χ4v) is 3.38. The number of rotatable bonds is 7. The third-order valence-corrected chi connectivity index (χ3v) is 4.86. The second-order valence-electron chi connectivity index (χ2n) is 5.70. The van der Waals surface area contributed by atoms with Crippen molar-refractivity contribution < 1.29 is 18.7 Å². The minimum absolute atomic E-state index is 0.248. The lowest BCUT2D eigenvalue weighted by Gasteiger charge is -2.31. The lowest BCUT2D eigenvalue weighted by molar-refractivity contribution is 0.0602. The van der Waals surface area contributed by atoms with Crippen LogP contribution in [0.2, 0.25) is 0 Å². The number of halogens is 1. The van der Waals surface area contributed by atoms with Gasteiger partial charge in [-0.25, -0.2) is 14.0 Å². The number of aromatic nitrogens is 1. The van der Waals surface area contributed by atoms with Gasteiger partial charge < -0.3 is 15.0 Å². The number of amides is 2. The highest BCUT2D eigenvalue weighted by molar-refractivity contribution is 7.10. The zero-order valence-electron chi connectivity index (χ0n) is 13.7. The highest BCUT2D eigenvalue weighted by Gasteiger charge is 2.19. The van der Waals surface area contributed by atoms with Crippen molar-refractivity contribution in [1.29, 1.82) is 0 Å². The maximum atomic E-state index is 12.3. The molecule has 0 saturated carbocycles. The number of alkyl halides is 1. The maximum Gasteiger partial charge on any atom is 0.342 e. The molecule has 0 atom stereocenters. The number of nitrogens with one attached hydrogen (secondary N) is 2. The molecule has 1 saturated heterocycles. The van der Waals surface area contributed by atoms with E-state index in [2.05, 4.69) is 24.6 Å². The van der Waals surface area contributed by atoms with Gasteiger partial charge in [0, 0.05) is 13.1 Å². The first-order valence-electron chi connectivity index (χ1n) is 8.00. The number of methoxy groups -OCH3 is 1. The van der Waals surface area contributed by atoms with Crippen molar-refractivity contribution in [2.24, 2.45) is 5.92 Å². The van der Waals surface area contributed by atoms with E-state index in [4.69, 9.17) is 0 Å². The molecule has 1 fully saturated rings. The van der Waals surface area contributed by atoms with Crippen LogP contribution in [0.5, 0.6) is 0 Å². The van der Waals surface area contributed by atoms with Gasteiger partial charge in [-0.2, -0.15) is 4.37 Å². The van der Waals surface area contributed by atoms with Crippen LogP contribution < -0.4 is 10.6 Å². The van der Waals surface area contributed by atoms with Crippen LogP contribution in [0.1, 0.15) is 29.6 Å². The number of carbonyl (C=O) groups is 2. The first kappa shape index (κ1) is 18.6. The van der Waals surface area contributed by atoms with E-state index < -0.39 is 5.97 Å². The highest BCUT2D eigenvalue weighted by Crippen LogP contribution is 2.21. The predicted octanol–water partition coefficient (Wildman–Crippen LogP) is 2.12. The summed E-state index contributed by atoms with van der Waals surface area (Å²) in [7, 11) is 1.28. The lowest BCUT2D eigenvalue weighted by Crippen LogP contribution is -2.37. The molecule has 0 aliphatic carbocycles. The molecule has 2 heterocycles. The number of hydrogen-bond donors (Lipinski definition) is 2. The summed E-state index contributed by atoms with van der Waals surface area (Å²) < 4.78 is 20.8. The molecule has 1 aromatic rings. The number of urea groups is 1. The van der Waals surface area contributed by atoms with Gasteiger partial charge in [-0.15, -0.1) is 0 Å². The van der Waals surface area contributed by atoms with Crippen LogP contribution in [0, 0.1) is 5.92 Å². The molecule has 9 heteroatoms. The monoisotopic (exact) mass is 358 g/mol. The normalized spacial score (nSPS) is 15.9. The summed E-state index contributed by atoms with van der Waals surface area (Å²) in [6, 6.07) is -0.362. The molecule has 2 rings (SSSR count). The molecule has 1 aromatic heterocycles. The maximum absolute atomic E-state index is 12.3. The van der Waals surface area contributed by atoms with Gasteiger partial charge in [0.25, 0.3) is 0 Å². The SMILES string of the molecule is COC(=O)c1cnsc1NC(=O)NCCC1CCN(CCF)CC1. The van der Waals surface area contributed by atoms with Crippen LogP contribution in [-0.4, -0.2) is 61.2 Å². The van der Waals surface area contributed by atoms with E-state index in [0.717, 1.165) is 43.9 Å². The van der Waals surface area contributed by atoms with Gasteiger partial charge in [0.2, 0.25) is 0 Å². The van der Waals surface area contributed by atoms with Crippen LogP contribution in [0.3, 0.4) is 0 Å². The Bertz CT molecular complexity index is 547. The van der Waals surface area contributed by atoms with E-state index >= 15 is 0 Å². The highest BCUT2D eigenvalue weighted by atomic mass is 32.1. The number of esters is 1. The summed E-state index contributed by atoms with van der Waals surface area (Å²) in [5, 5.41) is 5.79. The van der Waals surface area contributed by atoms with Crippen molar-refractivity contribution in [3.05, 3.63) is 11.8 Å². The summed E-state index contributed by atoms with van der Waals surface area (Å²) in [6.45, 7) is 2.63. The second kappa shape index (κ2) is 9.53. The third kappa shape index (κ3) is 5.41. The fourth-order valence-electron chi connectivity index (χ4n) is 2.74. The van der Waals surface area contributed by atoms with Crippen LogP contribution in [0.15, 0.2) is 6.20 Å². The molecule has 134 valence electrons. The Balaban J connectivity index is 1.67. The van der Waals surface area contributed by atoms with Crippen molar-refractivity contribution in [1.82, 2.24) is 14.6 Å². The quantitative estimate of drug-likeness (QED) is 0.730. The van der Waals surface area contributed by atoms with E-state index in [-0.39, 0.29) is 18.3 Å². The number of piperidine rings is 1. The molecule has 0 unspecified atom stereocenters. The number of hydrogen-bond acceptors (Lipinski definition) is 6. The molecule has 2 N–H and O–H groups in total. The van der Waals surface area contributed by atoms with Crippen LogP contribution in [0.25, 0.3) is 0 Å². The predicted molar refractivity (Wildman–Crippen MR) is 90.2 cm³/mol. The lowest BCUT2D eigenvalue weighted by atomic mass is 9.93. The molecule has 0 spiro atoms. The van der Waals surface area contributed by atoms with Gasteiger partial charge in [-0.3, -0.25) is 5.32 Å². The summed E-state index contributed by atoms with van der Waals surface area (Å²) in [6.07, 6.45) is 4.33. The number of carbonyl (C=O) groups excluding carboxylic acids is 2. The average Bonchev–Trinajstić information content (AvgIpc) is 3.04. The minimum atomic E-state index is -0.529. The summed E-state index contributed by atoms with van der Waals surface area (Å²) in [4.78, 5) is 25.6. The van der Waals surface area contributed by atoms with Crippen LogP contribution in [0.4, 0.5) is 14.2 Å². The zero-order valence-corrected chi connectivity index (χ0v) is 14.5. The fraction of sp³-hybridized carbons (Fsp3) is 0.667. The first-order chi connectivity index (χ1) is 11.6. The van der Waals surface area contributed by atoms with E-state index in [1.54, 1.807) is 0 Å². The molecule has 0 bridgehead atoms. The molecular weight excluding hydrogens is 335 g/mol. The van der Waals surface area contributed by atoms with Gasteiger partial charge in [-0.05, 0) is 49.8 Å². The Morgan fingerprint density at radius 2 is 2.21 bits per heavy atom. The molecule has 2 amide bonds. The van der Waals surface area contributed by atoms with E-state index in [9.17, 15) is 14.0 Å². The van der Waals surface area contributed by atoms with Crippen molar-refractivity contribution in [2.45, 2.75) is 19.3 Å². The average molecular weight is 358 g/mol. The third-order valence-electron chi connectivity index (χ3n) is 4.15. The number of ether oxygens (including phenoxy) is 1. The van der Waals surface area contributed by atoms with E-state index in [1.165, 1.54) is 13.3 Å². The molecule has 0 aromatic carbocycles. The summed E-state index contributed by atoms with van der Waals surface area (Å²) >= 11 is 1.03. The molecule has 1 aliphatic heterocycles. The van der Waals surface area contributed by atoms with Gasteiger partial charge in [-0.1, -0.05) is 0 Å². The molecule has 24 heavy (non-hydrogen) atoms. The Hall–Kier alpha value is -1.74. The van der Waals surface area contributed by atoms with Gasteiger partial charge in [0.15, 0.2) is 0 Å². The Morgan fingerprint density at radius 1 is 1.46 bits per heavy atom. The smallest absolute Gasteiger partial charge is 0.342 e. The van der Waals surface area contributed by atoms with E-state index in [0.29, 0.717) is 24.0 Å². The van der Waals surface area contributed by atoms with Crippen molar-refractivity contribution in [3.8, 4) is 0 Å². The molecule has 7 nitrogen and oxygen atoms in total. The van der Waals surface area contributed by atoms with Gasteiger partial charge in [0.1, 0.15) is 17.2 Å². The topological polar surface area (TPSA) is 83.6 Å². The van der Waals surface area contributed by atoms with Crippen LogP contribution in [-0.2, 0) is 4.74 Å². The minimum Gasteiger partial charge on any atom is -0.465 e. The first-order valence-corrected chi connectivity index (χ1v) is 8.77. The second-order valence-corrected chi connectivity index (χ2v) is 6.51. The summed E-state index contributed by atoms with van der Waals surface area (Å²) in [5.41, 5.74) is 0.248. The standard InChI is InChI=1S/C15H23FN4O3S/c1-23-14(21)12-10-18-24-13(12)19-15(22)17-6-2-11-3-7-20(8-4-11)9-5-16/h10-11H,2-9H2,1H3,(H2,17,19,22). The molecule has 1 aliphatic rings. The van der Waals surface area contributed by atoms with Gasteiger partial charge in [0.05, 0.1) is 13.3 Å². The van der Waals surface area contributed by atoms with Crippen LogP contribution >= 0.6 is 11.5 Å².